The summed E-state index contributed by atoms with van der Waals surface area (Å²) in [4.78, 5) is 11.8. The molecule has 0 aromatic heterocycles. The maximum Gasteiger partial charge on any atom is 0.408 e. The van der Waals surface area contributed by atoms with E-state index < -0.39 is 6.09 Å². The van der Waals surface area contributed by atoms with Crippen molar-refractivity contribution in [3.05, 3.63) is 107 Å². The van der Waals surface area contributed by atoms with Crippen LogP contribution in [-0.2, 0) is 4.74 Å². The fourth-order valence-corrected chi connectivity index (χ4v) is 3.06. The molecule has 4 rings (SSSR count). The molecule has 1 saturated heterocycles. The predicted octanol–water partition coefficient (Wildman–Crippen LogP) is 4.61. The number of carbonyl (C=O) groups excluding carboxylic acids is 1. The van der Waals surface area contributed by atoms with Crippen LogP contribution in [0.4, 0.5) is 4.79 Å². The second-order valence-corrected chi connectivity index (χ2v) is 6.10. The maximum atomic E-state index is 11.8. The van der Waals surface area contributed by atoms with E-state index >= 15 is 0 Å². The van der Waals surface area contributed by atoms with Crippen molar-refractivity contribution in [2.45, 2.75) is 12.1 Å². The molecule has 0 aliphatic carbocycles. The van der Waals surface area contributed by atoms with Gasteiger partial charge in [0.05, 0.1) is 6.04 Å². The van der Waals surface area contributed by atoms with Gasteiger partial charge in [-0.3, -0.25) is 0 Å². The molecule has 3 nitrogen and oxygen atoms in total. The van der Waals surface area contributed by atoms with E-state index in [1.807, 2.05) is 84.9 Å². The van der Waals surface area contributed by atoms with Crippen LogP contribution in [0.25, 0.3) is 0 Å². The summed E-state index contributed by atoms with van der Waals surface area (Å²) in [5, 5.41) is 2.91. The Morgan fingerprint density at radius 3 is 2.12 bits per heavy atom. The van der Waals surface area contributed by atoms with E-state index in [-0.39, 0.29) is 12.1 Å². The highest BCUT2D eigenvalue weighted by Gasteiger charge is 2.36. The van der Waals surface area contributed by atoms with Gasteiger partial charge in [0, 0.05) is 11.1 Å². The van der Waals surface area contributed by atoms with Crippen LogP contribution in [0.1, 0.15) is 34.4 Å². The van der Waals surface area contributed by atoms with Gasteiger partial charge >= 0.3 is 6.09 Å². The smallest absolute Gasteiger partial charge is 0.408 e. The van der Waals surface area contributed by atoms with Crippen LogP contribution in [0.3, 0.4) is 0 Å². The zero-order valence-corrected chi connectivity index (χ0v) is 14.1. The van der Waals surface area contributed by atoms with Crippen molar-refractivity contribution in [3.63, 3.8) is 0 Å². The van der Waals surface area contributed by atoms with Gasteiger partial charge in [0.15, 0.2) is 6.10 Å². The second-order valence-electron chi connectivity index (χ2n) is 6.10. The lowest BCUT2D eigenvalue weighted by atomic mass is 9.95. The highest BCUT2D eigenvalue weighted by atomic mass is 16.6. The number of benzene rings is 3. The van der Waals surface area contributed by atoms with Gasteiger partial charge in [0.1, 0.15) is 0 Å². The minimum Gasteiger partial charge on any atom is -0.439 e. The van der Waals surface area contributed by atoms with Gasteiger partial charge in [0.2, 0.25) is 0 Å². The molecule has 3 heteroatoms. The van der Waals surface area contributed by atoms with Gasteiger partial charge < -0.3 is 10.1 Å². The van der Waals surface area contributed by atoms with E-state index in [9.17, 15) is 4.79 Å². The van der Waals surface area contributed by atoms with Gasteiger partial charge in [-0.05, 0) is 35.4 Å². The standard InChI is InChI=1S/C23H17NO2/c25-23-24-21(22(26-23)19-11-5-2-6-12-19)20-13-7-10-18(16-20)15-14-17-8-3-1-4-9-17/h1-13,16,21-22H,(H,24,25)/t21?,22-/m1/s1. The van der Waals surface area contributed by atoms with Crippen LogP contribution in [0.5, 0.6) is 0 Å². The van der Waals surface area contributed by atoms with Crippen LogP contribution in [-0.4, -0.2) is 6.09 Å². The van der Waals surface area contributed by atoms with Gasteiger partial charge in [-0.25, -0.2) is 4.79 Å². The summed E-state index contributed by atoms with van der Waals surface area (Å²) in [6.45, 7) is 0. The van der Waals surface area contributed by atoms with Crippen molar-refractivity contribution in [2.24, 2.45) is 0 Å². The van der Waals surface area contributed by atoms with Crippen molar-refractivity contribution in [2.75, 3.05) is 0 Å². The second kappa shape index (κ2) is 7.16. The summed E-state index contributed by atoms with van der Waals surface area (Å²) >= 11 is 0. The maximum absolute atomic E-state index is 11.8. The molecule has 0 bridgehead atoms. The summed E-state index contributed by atoms with van der Waals surface area (Å²) in [6, 6.07) is 27.3. The largest absolute Gasteiger partial charge is 0.439 e. The van der Waals surface area contributed by atoms with Gasteiger partial charge in [-0.15, -0.1) is 0 Å². The van der Waals surface area contributed by atoms with E-state index in [0.717, 1.165) is 22.3 Å². The molecule has 3 aromatic carbocycles. The van der Waals surface area contributed by atoms with E-state index in [1.54, 1.807) is 0 Å². The first-order chi connectivity index (χ1) is 12.8. The zero-order chi connectivity index (χ0) is 17.8. The molecule has 0 spiro atoms. The monoisotopic (exact) mass is 339 g/mol. The molecule has 1 heterocycles. The first kappa shape index (κ1) is 16.0. The number of nitrogens with one attached hydrogen (secondary N) is 1. The molecule has 0 saturated carbocycles. The third kappa shape index (κ3) is 3.45. The Morgan fingerprint density at radius 1 is 0.731 bits per heavy atom. The van der Waals surface area contributed by atoms with Crippen molar-refractivity contribution in [1.29, 1.82) is 0 Å². The fraction of sp³-hybridized carbons (Fsp3) is 0.0870. The predicted molar refractivity (Wildman–Crippen MR) is 100 cm³/mol. The molecule has 126 valence electrons. The Morgan fingerprint density at radius 2 is 1.35 bits per heavy atom. The minimum atomic E-state index is -0.398. The van der Waals surface area contributed by atoms with Crippen molar-refractivity contribution in [1.82, 2.24) is 5.32 Å². The van der Waals surface area contributed by atoms with E-state index in [0.29, 0.717) is 0 Å². The Hall–Kier alpha value is -3.51. The molecule has 0 radical (unpaired) electrons. The average Bonchev–Trinajstić information content (AvgIpc) is 3.10. The summed E-state index contributed by atoms with van der Waals surface area (Å²) < 4.78 is 5.50. The van der Waals surface area contributed by atoms with Crippen molar-refractivity contribution >= 4 is 6.09 Å². The highest BCUT2D eigenvalue weighted by molar-refractivity contribution is 5.71. The zero-order valence-electron chi connectivity index (χ0n) is 14.1. The molecule has 1 aliphatic heterocycles. The van der Waals surface area contributed by atoms with Crippen LogP contribution in [0, 0.1) is 11.8 Å². The lowest BCUT2D eigenvalue weighted by molar-refractivity contribution is 0.132. The molecule has 1 fully saturated rings. The number of hydrogen-bond acceptors (Lipinski definition) is 2. The Bertz CT molecular complexity index is 971. The quantitative estimate of drug-likeness (QED) is 0.693. The lowest BCUT2D eigenvalue weighted by Crippen LogP contribution is -2.19. The number of amides is 1. The number of carbonyl (C=O) groups is 1. The SMILES string of the molecule is O=C1NC(c2cccc(C#Cc3ccccc3)c2)[C@@H](c2ccccc2)O1. The van der Waals surface area contributed by atoms with E-state index in [1.165, 1.54) is 0 Å². The topological polar surface area (TPSA) is 38.3 Å². The van der Waals surface area contributed by atoms with Crippen LogP contribution in [0.2, 0.25) is 0 Å². The molecular weight excluding hydrogens is 322 g/mol. The van der Waals surface area contributed by atoms with Gasteiger partial charge in [0.25, 0.3) is 0 Å². The molecule has 1 unspecified atom stereocenters. The van der Waals surface area contributed by atoms with Gasteiger partial charge in [-0.1, -0.05) is 72.5 Å². The summed E-state index contributed by atoms with van der Waals surface area (Å²) in [5.74, 6) is 6.35. The Labute approximate surface area is 152 Å². The molecule has 1 N–H and O–H groups in total. The first-order valence-corrected chi connectivity index (χ1v) is 8.49. The number of alkyl carbamates (subject to hydrolysis) is 1. The number of ether oxygens (including phenoxy) is 1. The van der Waals surface area contributed by atoms with Crippen LogP contribution >= 0.6 is 0 Å². The van der Waals surface area contributed by atoms with Crippen LogP contribution < -0.4 is 5.32 Å². The van der Waals surface area contributed by atoms with Gasteiger partial charge in [-0.2, -0.15) is 0 Å². The molecule has 2 atom stereocenters. The fourth-order valence-electron chi connectivity index (χ4n) is 3.06. The Balaban J connectivity index is 1.63. The number of hydrogen-bond donors (Lipinski definition) is 1. The lowest BCUT2D eigenvalue weighted by Gasteiger charge is -2.17. The number of rotatable bonds is 2. The molecule has 3 aromatic rings. The van der Waals surface area contributed by atoms with E-state index in [4.69, 9.17) is 4.74 Å². The summed E-state index contributed by atoms with van der Waals surface area (Å²) in [6.07, 6.45) is -0.745. The van der Waals surface area contributed by atoms with Crippen molar-refractivity contribution < 1.29 is 9.53 Å². The summed E-state index contributed by atoms with van der Waals surface area (Å²) in [5.41, 5.74) is 3.82. The minimum absolute atomic E-state index is 0.233. The average molecular weight is 339 g/mol. The Kier molecular flexibility index (Phi) is 4.40. The number of cyclic esters (lactones) is 1. The summed E-state index contributed by atoms with van der Waals surface area (Å²) in [7, 11) is 0. The first-order valence-electron chi connectivity index (χ1n) is 8.49. The third-order valence-electron chi connectivity index (χ3n) is 4.31. The molecule has 26 heavy (non-hydrogen) atoms. The normalized spacial score (nSPS) is 18.4. The van der Waals surface area contributed by atoms with Crippen molar-refractivity contribution in [3.8, 4) is 11.8 Å². The molecular formula is C23H17NO2. The highest BCUT2D eigenvalue weighted by Crippen LogP contribution is 2.36. The van der Waals surface area contributed by atoms with E-state index in [2.05, 4.69) is 17.2 Å². The molecule has 1 aliphatic rings. The molecule has 1 amide bonds. The third-order valence-corrected chi connectivity index (χ3v) is 4.31. The van der Waals surface area contributed by atoms with Crippen LogP contribution in [0.15, 0.2) is 84.9 Å².